The Kier molecular flexibility index (Phi) is 10.3. The van der Waals surface area contributed by atoms with Crippen molar-refractivity contribution in [1.82, 2.24) is 25.2 Å². The fraction of sp³-hybridized carbons (Fsp3) is 0.529. The summed E-state index contributed by atoms with van der Waals surface area (Å²) in [4.78, 5) is 37.6. The number of piperidine rings is 1. The van der Waals surface area contributed by atoms with Crippen LogP contribution in [0, 0.1) is 11.3 Å². The Hall–Kier alpha value is -3.87. The number of hydrogen-bond acceptors (Lipinski definition) is 6. The van der Waals surface area contributed by atoms with Crippen LogP contribution in [0.15, 0.2) is 24.8 Å². The lowest BCUT2D eigenvalue weighted by molar-refractivity contribution is -0.182. The molecule has 1 saturated carbocycles. The summed E-state index contributed by atoms with van der Waals surface area (Å²) in [6, 6.07) is 4.86. The maximum Gasteiger partial charge on any atom is 0.391 e. The number of aryl methyl sites for hydroxylation is 1. The van der Waals surface area contributed by atoms with Gasteiger partial charge in [0.05, 0.1) is 22.2 Å². The Morgan fingerprint density at radius 3 is 2.33 bits per heavy atom. The van der Waals surface area contributed by atoms with Gasteiger partial charge >= 0.3 is 6.18 Å². The number of nitrogens with zero attached hydrogens (tertiary/aromatic N) is 4. The number of pyridine rings is 1. The fourth-order valence-corrected chi connectivity index (χ4v) is 6.42. The van der Waals surface area contributed by atoms with Gasteiger partial charge in [-0.2, -0.15) is 13.2 Å². The number of alkyl halides is 4. The van der Waals surface area contributed by atoms with E-state index in [1.54, 1.807) is 23.8 Å². The third kappa shape index (κ3) is 7.71. The van der Waals surface area contributed by atoms with Crippen LogP contribution in [0.3, 0.4) is 0 Å². The highest BCUT2D eigenvalue weighted by molar-refractivity contribution is 6.34. The molecule has 3 heterocycles. The molecule has 2 aromatic heterocycles. The third-order valence-corrected chi connectivity index (χ3v) is 9.58. The summed E-state index contributed by atoms with van der Waals surface area (Å²) in [5.74, 6) is -1.21. The molecule has 0 unspecified atom stereocenters. The molecule has 3 N–H and O–H groups in total. The van der Waals surface area contributed by atoms with Crippen LogP contribution < -0.4 is 20.9 Å². The number of aromatic nitrogens is 3. The quantitative estimate of drug-likeness (QED) is 0.212. The number of hydrogen-bond donors (Lipinski definition) is 3. The van der Waals surface area contributed by atoms with Gasteiger partial charge in [-0.25, -0.2) is 14.4 Å². The number of carbonyl (C=O) groups excluding carboxylic acids is 2. The van der Waals surface area contributed by atoms with Crippen molar-refractivity contribution >= 4 is 58.1 Å². The zero-order valence-corrected chi connectivity index (χ0v) is 28.4. The molecule has 1 saturated heterocycles. The van der Waals surface area contributed by atoms with Crippen molar-refractivity contribution in [3.05, 3.63) is 46.5 Å². The molecule has 1 aliphatic heterocycles. The Morgan fingerprint density at radius 1 is 1.06 bits per heavy atom. The normalized spacial score (nSPS) is 19.3. The number of rotatable bonds is 8. The van der Waals surface area contributed by atoms with E-state index < -0.39 is 35.6 Å². The van der Waals surface area contributed by atoms with Crippen LogP contribution >= 0.6 is 11.6 Å². The summed E-state index contributed by atoms with van der Waals surface area (Å²) >= 11 is 6.86. The highest BCUT2D eigenvalue weighted by atomic mass is 35.5. The molecule has 1 aromatic carbocycles. The predicted molar refractivity (Wildman–Crippen MR) is 180 cm³/mol. The molecule has 0 spiro atoms. The van der Waals surface area contributed by atoms with Gasteiger partial charge in [0, 0.05) is 38.1 Å². The molecule has 0 bridgehead atoms. The van der Waals surface area contributed by atoms with Crippen LogP contribution in [-0.2, 0) is 18.4 Å². The Bertz CT molecular complexity index is 1690. The van der Waals surface area contributed by atoms with E-state index in [1.807, 2.05) is 37.8 Å². The van der Waals surface area contributed by atoms with Gasteiger partial charge in [0.25, 0.3) is 5.91 Å². The largest absolute Gasteiger partial charge is 0.391 e. The molecule has 48 heavy (non-hydrogen) atoms. The van der Waals surface area contributed by atoms with E-state index in [9.17, 15) is 27.2 Å². The van der Waals surface area contributed by atoms with Crippen molar-refractivity contribution in [2.24, 2.45) is 18.4 Å². The summed E-state index contributed by atoms with van der Waals surface area (Å²) in [5, 5.41) is 9.49. The molecule has 5 rings (SSSR count). The second kappa shape index (κ2) is 13.9. The van der Waals surface area contributed by atoms with E-state index in [4.69, 9.17) is 21.6 Å². The molecule has 2 aliphatic rings. The molecular weight excluding hydrogens is 650 g/mol. The average Bonchev–Trinajstić information content (AvgIpc) is 3.34. The molecule has 2 amide bonds. The Balaban J connectivity index is 1.46. The van der Waals surface area contributed by atoms with Gasteiger partial charge in [0.15, 0.2) is 5.65 Å². The summed E-state index contributed by atoms with van der Waals surface area (Å²) in [6.07, 6.45) is -2.62. The van der Waals surface area contributed by atoms with Crippen molar-refractivity contribution in [1.29, 1.82) is 0 Å². The van der Waals surface area contributed by atoms with Gasteiger partial charge < -0.3 is 20.9 Å². The Labute approximate surface area is 282 Å². The number of anilines is 3. The highest BCUT2D eigenvalue weighted by Gasteiger charge is 2.41. The summed E-state index contributed by atoms with van der Waals surface area (Å²) in [5.41, 5.74) is 2.41. The molecule has 2 fully saturated rings. The lowest BCUT2D eigenvalue weighted by Crippen LogP contribution is -2.41. The molecule has 1 aliphatic carbocycles. The van der Waals surface area contributed by atoms with Gasteiger partial charge in [0.2, 0.25) is 11.9 Å². The molecule has 14 heteroatoms. The lowest BCUT2D eigenvalue weighted by atomic mass is 9.85. The molecular formula is C34H42ClF4N7O2. The van der Waals surface area contributed by atoms with E-state index in [-0.39, 0.29) is 56.5 Å². The van der Waals surface area contributed by atoms with Crippen molar-refractivity contribution in [3.8, 4) is 0 Å². The number of carbonyl (C=O) groups is 2. The minimum Gasteiger partial charge on any atom is -0.356 e. The van der Waals surface area contributed by atoms with E-state index in [1.165, 1.54) is 0 Å². The minimum absolute atomic E-state index is 0.0444. The first kappa shape index (κ1) is 35.4. The van der Waals surface area contributed by atoms with E-state index in [0.29, 0.717) is 57.9 Å². The average molecular weight is 692 g/mol. The number of imidazole rings is 1. The van der Waals surface area contributed by atoms with Gasteiger partial charge in [-0.3, -0.25) is 14.2 Å². The number of amides is 2. The monoisotopic (exact) mass is 691 g/mol. The number of nitrogens with one attached hydrogen (secondary N) is 3. The van der Waals surface area contributed by atoms with E-state index in [2.05, 4.69) is 22.5 Å². The zero-order chi connectivity index (χ0) is 35.0. The molecule has 0 radical (unpaired) electrons. The summed E-state index contributed by atoms with van der Waals surface area (Å²) in [6.45, 7) is 10.3. The van der Waals surface area contributed by atoms with Crippen molar-refractivity contribution in [2.45, 2.75) is 84.2 Å². The molecule has 260 valence electrons. The van der Waals surface area contributed by atoms with Crippen LogP contribution in [0.1, 0.15) is 80.8 Å². The number of halogens is 5. The highest BCUT2D eigenvalue weighted by Crippen LogP contribution is 2.38. The molecule has 9 nitrogen and oxygen atoms in total. The zero-order valence-electron chi connectivity index (χ0n) is 27.6. The lowest BCUT2D eigenvalue weighted by Gasteiger charge is -2.32. The minimum atomic E-state index is -4.25. The maximum atomic E-state index is 14.1. The SMILES string of the molecule is C=Cc1ccc(CNC(=O)C(C)(C)C)c(Cl)c1Nc1nc2cc(C(=O)NC3CCC(C(F)(F)F)CC3)c(N3CCC(F)CC3)nc2n1C. The van der Waals surface area contributed by atoms with Crippen LogP contribution in [0.2, 0.25) is 5.02 Å². The number of benzene rings is 1. The second-order valence-electron chi connectivity index (χ2n) is 13.7. The molecule has 3 aromatic rings. The van der Waals surface area contributed by atoms with Gasteiger partial charge in [-0.1, -0.05) is 57.2 Å². The van der Waals surface area contributed by atoms with Gasteiger partial charge in [0.1, 0.15) is 17.5 Å². The van der Waals surface area contributed by atoms with Crippen molar-refractivity contribution in [3.63, 3.8) is 0 Å². The number of fused-ring (bicyclic) bond motifs is 1. The standard InChI is InChI=1S/C34H42ClF4N7O2/c1-6-19-7-8-20(18-40-31(48)33(2,3)4)26(35)27(19)43-32-42-25-17-24(30(47)41-23-11-9-21(10-12-23)34(37,38)39)28(44-29(25)45(32)5)46-15-13-22(36)14-16-46/h6-8,17,21-23H,1,9-16,18H2,2-5H3,(H,40,48)(H,41,47)(H,42,43). The van der Waals surface area contributed by atoms with Crippen LogP contribution in [0.5, 0.6) is 0 Å². The fourth-order valence-electron chi connectivity index (χ4n) is 6.13. The van der Waals surface area contributed by atoms with Gasteiger partial charge in [-0.15, -0.1) is 0 Å². The first-order valence-corrected chi connectivity index (χ1v) is 16.6. The van der Waals surface area contributed by atoms with Crippen molar-refractivity contribution < 1.29 is 27.2 Å². The Morgan fingerprint density at radius 2 is 1.73 bits per heavy atom. The third-order valence-electron chi connectivity index (χ3n) is 9.15. The smallest absolute Gasteiger partial charge is 0.356 e. The molecule has 0 atom stereocenters. The first-order chi connectivity index (χ1) is 22.6. The van der Waals surface area contributed by atoms with Crippen LogP contribution in [-0.4, -0.2) is 57.8 Å². The maximum absolute atomic E-state index is 14.1. The van der Waals surface area contributed by atoms with Gasteiger partial charge in [-0.05, 0) is 55.7 Å². The van der Waals surface area contributed by atoms with E-state index in [0.717, 1.165) is 0 Å². The summed E-state index contributed by atoms with van der Waals surface area (Å²) < 4.78 is 55.5. The predicted octanol–water partition coefficient (Wildman–Crippen LogP) is 7.46. The second-order valence-corrected chi connectivity index (χ2v) is 14.1. The van der Waals surface area contributed by atoms with Crippen LogP contribution in [0.25, 0.3) is 17.2 Å². The van der Waals surface area contributed by atoms with E-state index >= 15 is 0 Å². The topological polar surface area (TPSA) is 104 Å². The van der Waals surface area contributed by atoms with Crippen LogP contribution in [0.4, 0.5) is 35.0 Å². The first-order valence-electron chi connectivity index (χ1n) is 16.2. The van der Waals surface area contributed by atoms with Crippen molar-refractivity contribution in [2.75, 3.05) is 23.3 Å². The summed E-state index contributed by atoms with van der Waals surface area (Å²) in [7, 11) is 1.76.